The fourth-order valence-electron chi connectivity index (χ4n) is 7.96. The number of benzene rings is 5. The number of hydrogen-bond donors (Lipinski definition) is 0. The van der Waals surface area contributed by atoms with Gasteiger partial charge in [-0.3, -0.25) is 0 Å². The molecule has 3 aromatic heterocycles. The summed E-state index contributed by atoms with van der Waals surface area (Å²) in [7, 11) is 0. The highest BCUT2D eigenvalue weighted by atomic mass is 15.0. The van der Waals surface area contributed by atoms with E-state index in [0.29, 0.717) is 0 Å². The zero-order valence-corrected chi connectivity index (χ0v) is 17.5. The molecule has 2 nitrogen and oxygen atoms in total. The van der Waals surface area contributed by atoms with Crippen LogP contribution in [0.15, 0.2) is 78.9 Å². The SMILES string of the molecule is c1cc2c3c(c1)c1cccc4c1n3B1c3c-2ccc2c5cccc6c7ccc-4c1c7n(c32)c56. The van der Waals surface area contributed by atoms with E-state index in [2.05, 4.69) is 87.7 Å². The molecule has 0 saturated carbocycles. The fourth-order valence-corrected chi connectivity index (χ4v) is 7.96. The van der Waals surface area contributed by atoms with Gasteiger partial charge >= 0.3 is 6.85 Å². The summed E-state index contributed by atoms with van der Waals surface area (Å²) in [6, 6.07) is 30.2. The molecule has 5 aromatic carbocycles. The smallest absolute Gasteiger partial charge is 0.333 e. The Morgan fingerprint density at radius 2 is 0.848 bits per heavy atom. The molecule has 0 amide bonds. The highest BCUT2D eigenvalue weighted by Crippen LogP contribution is 2.49. The third-order valence-corrected chi connectivity index (χ3v) is 8.95. The number of rotatable bonds is 0. The van der Waals surface area contributed by atoms with Crippen LogP contribution in [-0.4, -0.2) is 15.7 Å². The number of fused-ring (bicyclic) bond motifs is 5. The molecule has 11 rings (SSSR count). The Bertz CT molecular complexity index is 2140. The predicted molar refractivity (Wildman–Crippen MR) is 139 cm³/mol. The van der Waals surface area contributed by atoms with Gasteiger partial charge in [0, 0.05) is 54.5 Å². The van der Waals surface area contributed by atoms with E-state index < -0.39 is 0 Å². The lowest BCUT2D eigenvalue weighted by Crippen LogP contribution is -2.55. The van der Waals surface area contributed by atoms with Gasteiger partial charge in [0.15, 0.2) is 0 Å². The van der Waals surface area contributed by atoms with Crippen molar-refractivity contribution in [1.82, 2.24) is 8.88 Å². The molecule has 6 heterocycles. The molecule has 0 spiro atoms. The first-order valence-electron chi connectivity index (χ1n) is 11.8. The Labute approximate surface area is 187 Å². The van der Waals surface area contributed by atoms with E-state index in [0.717, 1.165) is 0 Å². The Morgan fingerprint density at radius 3 is 1.39 bits per heavy atom. The standard InChI is InChI=1S/C30H13BN2/c1-4-16-14-10-12-22-18-6-3-7-19-23-13-11-15-17-5-2-9-21-20(8-1)27(16)33(28(17)21)31-24(14)29(22)32(26(18)19)30(23)25(15)31/h1-13H. The quantitative estimate of drug-likeness (QED) is 0.276. The Morgan fingerprint density at radius 1 is 0.394 bits per heavy atom. The summed E-state index contributed by atoms with van der Waals surface area (Å²) >= 11 is 0. The molecule has 3 heteroatoms. The first-order valence-corrected chi connectivity index (χ1v) is 11.8. The van der Waals surface area contributed by atoms with Crippen molar-refractivity contribution in [3.05, 3.63) is 78.9 Å². The first-order chi connectivity index (χ1) is 16.4. The van der Waals surface area contributed by atoms with Crippen LogP contribution in [0, 0.1) is 0 Å². The van der Waals surface area contributed by atoms with Gasteiger partial charge in [-0.1, -0.05) is 78.9 Å². The molecule has 0 unspecified atom stereocenters. The maximum atomic E-state index is 2.69. The van der Waals surface area contributed by atoms with Crippen LogP contribution in [0.25, 0.3) is 82.2 Å². The van der Waals surface area contributed by atoms with E-state index in [1.807, 2.05) is 0 Å². The normalized spacial score (nSPS) is 14.6. The largest absolute Gasteiger partial charge is 0.375 e. The van der Waals surface area contributed by atoms with Crippen molar-refractivity contribution >= 4 is 77.7 Å². The number of nitrogens with zero attached hydrogens (tertiary/aromatic N) is 2. The lowest BCUT2D eigenvalue weighted by Gasteiger charge is -2.35. The summed E-state index contributed by atoms with van der Waals surface area (Å²) in [5.74, 6) is 0. The molecule has 3 aliphatic heterocycles. The molecule has 3 aliphatic rings. The van der Waals surface area contributed by atoms with Crippen LogP contribution < -0.4 is 10.9 Å². The van der Waals surface area contributed by atoms with Crippen LogP contribution in [0.2, 0.25) is 0 Å². The van der Waals surface area contributed by atoms with Crippen LogP contribution in [0.5, 0.6) is 0 Å². The monoisotopic (exact) mass is 412 g/mol. The van der Waals surface area contributed by atoms with Crippen molar-refractivity contribution < 1.29 is 0 Å². The van der Waals surface area contributed by atoms with Crippen molar-refractivity contribution in [3.8, 4) is 22.3 Å². The molecule has 0 atom stereocenters. The second-order valence-corrected chi connectivity index (χ2v) is 10.1. The van der Waals surface area contributed by atoms with Crippen LogP contribution in [0.1, 0.15) is 0 Å². The molecule has 33 heavy (non-hydrogen) atoms. The molecule has 146 valence electrons. The summed E-state index contributed by atoms with van der Waals surface area (Å²) in [4.78, 5) is 0. The van der Waals surface area contributed by atoms with Gasteiger partial charge in [0.1, 0.15) is 0 Å². The summed E-state index contributed by atoms with van der Waals surface area (Å²) in [5, 5.41) is 8.31. The molecule has 8 aromatic rings. The molecule has 0 bridgehead atoms. The minimum atomic E-state index is 0.240. The van der Waals surface area contributed by atoms with Gasteiger partial charge in [-0.05, 0) is 22.1 Å². The van der Waals surface area contributed by atoms with Crippen LogP contribution in [-0.2, 0) is 0 Å². The van der Waals surface area contributed by atoms with Crippen molar-refractivity contribution in [2.75, 3.05) is 0 Å². The Kier molecular flexibility index (Phi) is 1.88. The van der Waals surface area contributed by atoms with Crippen molar-refractivity contribution in [2.24, 2.45) is 0 Å². The van der Waals surface area contributed by atoms with E-state index in [-0.39, 0.29) is 6.85 Å². The van der Waals surface area contributed by atoms with E-state index in [1.54, 1.807) is 0 Å². The van der Waals surface area contributed by atoms with Crippen molar-refractivity contribution in [3.63, 3.8) is 0 Å². The van der Waals surface area contributed by atoms with E-state index in [9.17, 15) is 0 Å². The topological polar surface area (TPSA) is 9.34 Å². The summed E-state index contributed by atoms with van der Waals surface area (Å²) in [5.41, 5.74) is 15.6. The molecule has 0 saturated heterocycles. The van der Waals surface area contributed by atoms with E-state index in [4.69, 9.17) is 0 Å². The second kappa shape index (κ2) is 4.21. The fraction of sp³-hybridized carbons (Fsp3) is 0. The highest BCUT2D eigenvalue weighted by molar-refractivity contribution is 6.92. The minimum Gasteiger partial charge on any atom is -0.375 e. The van der Waals surface area contributed by atoms with Gasteiger partial charge in [-0.2, -0.15) is 0 Å². The Hall–Kier alpha value is -4.24. The average Bonchev–Trinajstić information content (AvgIpc) is 3.51. The van der Waals surface area contributed by atoms with E-state index >= 15 is 0 Å². The molecule has 0 N–H and O–H groups in total. The predicted octanol–water partition coefficient (Wildman–Crippen LogP) is 5.87. The zero-order chi connectivity index (χ0) is 20.7. The third kappa shape index (κ3) is 1.20. The minimum absolute atomic E-state index is 0.240. The second-order valence-electron chi connectivity index (χ2n) is 10.1. The molecular formula is C30H13BN2. The maximum Gasteiger partial charge on any atom is 0.333 e. The van der Waals surface area contributed by atoms with Gasteiger partial charge in [0.25, 0.3) is 0 Å². The number of para-hydroxylation sites is 3. The highest BCUT2D eigenvalue weighted by Gasteiger charge is 2.45. The molecule has 0 radical (unpaired) electrons. The molecule has 0 aliphatic carbocycles. The van der Waals surface area contributed by atoms with Gasteiger partial charge in [-0.15, -0.1) is 0 Å². The summed E-state index contributed by atoms with van der Waals surface area (Å²) in [6.07, 6.45) is 0. The Balaban J connectivity index is 1.63. The van der Waals surface area contributed by atoms with Crippen molar-refractivity contribution in [1.29, 1.82) is 0 Å². The summed E-state index contributed by atoms with van der Waals surface area (Å²) in [6.45, 7) is 0.240. The first kappa shape index (κ1) is 14.8. The number of aromatic nitrogens is 2. The lowest BCUT2D eigenvalue weighted by molar-refractivity contribution is 1.29. The van der Waals surface area contributed by atoms with Gasteiger partial charge in [-0.25, -0.2) is 0 Å². The van der Waals surface area contributed by atoms with E-state index in [1.165, 1.54) is 93.1 Å². The third-order valence-electron chi connectivity index (χ3n) is 8.95. The van der Waals surface area contributed by atoms with Crippen LogP contribution in [0.4, 0.5) is 0 Å². The van der Waals surface area contributed by atoms with Crippen LogP contribution in [0.3, 0.4) is 0 Å². The molecule has 0 fully saturated rings. The van der Waals surface area contributed by atoms with Gasteiger partial charge in [0.05, 0.1) is 16.6 Å². The molecular weight excluding hydrogens is 399 g/mol. The maximum absolute atomic E-state index is 2.69. The average molecular weight is 412 g/mol. The van der Waals surface area contributed by atoms with Crippen LogP contribution >= 0.6 is 0 Å². The lowest BCUT2D eigenvalue weighted by atomic mass is 9.44. The van der Waals surface area contributed by atoms with Crippen molar-refractivity contribution in [2.45, 2.75) is 0 Å². The number of hydrogen-bond acceptors (Lipinski definition) is 0. The van der Waals surface area contributed by atoms with Gasteiger partial charge < -0.3 is 8.88 Å². The summed E-state index contributed by atoms with van der Waals surface area (Å²) < 4.78 is 5.31. The zero-order valence-electron chi connectivity index (χ0n) is 17.5. The van der Waals surface area contributed by atoms with Gasteiger partial charge in [0.2, 0.25) is 0 Å².